The number of benzene rings is 2. The Balaban J connectivity index is 1.67. The Bertz CT molecular complexity index is 1510. The van der Waals surface area contributed by atoms with Crippen molar-refractivity contribution in [2.45, 2.75) is 13.0 Å². The monoisotopic (exact) mass is 389 g/mol. The molecular formula is C21H13F2N5O. The van der Waals surface area contributed by atoms with Crippen LogP contribution in [0.2, 0.25) is 0 Å². The maximum atomic E-state index is 14.3. The van der Waals surface area contributed by atoms with Crippen LogP contribution in [0.5, 0.6) is 0 Å². The SMILES string of the molecule is O=c1c2cnn(-c3ccc(F)cc3F)c2nc2n1CCc1c-2[nH]c2ccccc12. The van der Waals surface area contributed by atoms with Crippen LogP contribution in [-0.4, -0.2) is 24.3 Å². The van der Waals surface area contributed by atoms with Gasteiger partial charge in [0.05, 0.1) is 11.9 Å². The number of aryl methyl sites for hydroxylation is 1. The smallest absolute Gasteiger partial charge is 0.264 e. The summed E-state index contributed by atoms with van der Waals surface area (Å²) in [6.45, 7) is 0.502. The number of aromatic amines is 1. The van der Waals surface area contributed by atoms with Crippen LogP contribution in [0.25, 0.3) is 39.1 Å². The Kier molecular flexibility index (Phi) is 3.12. The van der Waals surface area contributed by atoms with E-state index in [1.807, 2.05) is 24.3 Å². The lowest BCUT2D eigenvalue weighted by Crippen LogP contribution is -2.27. The van der Waals surface area contributed by atoms with Gasteiger partial charge in [0.25, 0.3) is 5.56 Å². The van der Waals surface area contributed by atoms with Gasteiger partial charge >= 0.3 is 0 Å². The van der Waals surface area contributed by atoms with Crippen LogP contribution >= 0.6 is 0 Å². The van der Waals surface area contributed by atoms with E-state index < -0.39 is 11.6 Å². The second kappa shape index (κ2) is 5.60. The first-order chi connectivity index (χ1) is 14.1. The van der Waals surface area contributed by atoms with Crippen LogP contribution in [0.4, 0.5) is 8.78 Å². The Morgan fingerprint density at radius 1 is 1.07 bits per heavy atom. The topological polar surface area (TPSA) is 68.5 Å². The third-order valence-corrected chi connectivity index (χ3v) is 5.45. The van der Waals surface area contributed by atoms with Gasteiger partial charge in [-0.15, -0.1) is 0 Å². The average molecular weight is 389 g/mol. The minimum atomic E-state index is -0.777. The lowest BCUT2D eigenvalue weighted by molar-refractivity contribution is 0.574. The minimum Gasteiger partial charge on any atom is -0.352 e. The Morgan fingerprint density at radius 3 is 2.79 bits per heavy atom. The van der Waals surface area contributed by atoms with Gasteiger partial charge in [-0.1, -0.05) is 18.2 Å². The number of nitrogens with one attached hydrogen (secondary N) is 1. The third-order valence-electron chi connectivity index (χ3n) is 5.45. The van der Waals surface area contributed by atoms with Crippen molar-refractivity contribution in [1.82, 2.24) is 24.3 Å². The fourth-order valence-corrected chi connectivity index (χ4v) is 4.10. The van der Waals surface area contributed by atoms with E-state index in [0.717, 1.165) is 34.3 Å². The second-order valence-electron chi connectivity index (χ2n) is 7.06. The molecule has 0 spiro atoms. The first-order valence-electron chi connectivity index (χ1n) is 9.16. The second-order valence-corrected chi connectivity index (χ2v) is 7.06. The molecule has 1 aliphatic rings. The predicted octanol–water partition coefficient (Wildman–Crippen LogP) is 3.56. The third kappa shape index (κ3) is 2.16. The van der Waals surface area contributed by atoms with E-state index in [-0.39, 0.29) is 22.3 Å². The molecule has 5 aromatic rings. The normalized spacial score (nSPS) is 13.0. The largest absolute Gasteiger partial charge is 0.352 e. The van der Waals surface area contributed by atoms with Gasteiger partial charge in [-0.25, -0.2) is 18.4 Å². The van der Waals surface area contributed by atoms with E-state index in [9.17, 15) is 13.6 Å². The number of aromatic nitrogens is 5. The van der Waals surface area contributed by atoms with Crippen LogP contribution in [0.15, 0.2) is 53.5 Å². The van der Waals surface area contributed by atoms with Crippen molar-refractivity contribution in [3.63, 3.8) is 0 Å². The van der Waals surface area contributed by atoms with E-state index in [1.54, 1.807) is 4.57 Å². The quantitative estimate of drug-likeness (QED) is 0.477. The summed E-state index contributed by atoms with van der Waals surface area (Å²) in [5, 5.41) is 5.54. The van der Waals surface area contributed by atoms with E-state index in [2.05, 4.69) is 15.1 Å². The van der Waals surface area contributed by atoms with E-state index in [1.165, 1.54) is 16.9 Å². The summed E-state index contributed by atoms with van der Waals surface area (Å²) in [7, 11) is 0. The zero-order chi connectivity index (χ0) is 19.7. The molecule has 6 nitrogen and oxygen atoms in total. The molecule has 142 valence electrons. The molecule has 0 radical (unpaired) electrons. The lowest BCUT2D eigenvalue weighted by atomic mass is 10.0. The van der Waals surface area contributed by atoms with E-state index in [4.69, 9.17) is 0 Å². The van der Waals surface area contributed by atoms with Crippen molar-refractivity contribution in [3.05, 3.63) is 76.2 Å². The Hall–Kier alpha value is -3.81. The number of hydrogen-bond acceptors (Lipinski definition) is 3. The molecular weight excluding hydrogens is 376 g/mol. The summed E-state index contributed by atoms with van der Waals surface area (Å²) < 4.78 is 30.5. The zero-order valence-corrected chi connectivity index (χ0v) is 15.0. The van der Waals surface area contributed by atoms with Crippen LogP contribution in [-0.2, 0) is 13.0 Å². The number of H-pyrrole nitrogens is 1. The predicted molar refractivity (Wildman–Crippen MR) is 104 cm³/mol. The van der Waals surface area contributed by atoms with Crippen molar-refractivity contribution >= 4 is 21.9 Å². The van der Waals surface area contributed by atoms with Gasteiger partial charge in [0.1, 0.15) is 16.9 Å². The van der Waals surface area contributed by atoms with Gasteiger partial charge in [0.15, 0.2) is 17.3 Å². The molecule has 0 unspecified atom stereocenters. The van der Waals surface area contributed by atoms with Gasteiger partial charge in [-0.2, -0.15) is 5.10 Å². The number of para-hydroxylation sites is 1. The highest BCUT2D eigenvalue weighted by atomic mass is 19.1. The summed E-state index contributed by atoms with van der Waals surface area (Å²) in [5.41, 5.74) is 2.89. The molecule has 4 heterocycles. The molecule has 1 N–H and O–H groups in total. The standard InChI is InChI=1S/C21H13F2N5O/c22-11-5-6-17(15(23)9-11)28-19-14(10-24-28)21(29)27-8-7-13-12-3-1-2-4-16(12)25-18(13)20(27)26-19/h1-6,9-10,25H,7-8H2. The van der Waals surface area contributed by atoms with Crippen molar-refractivity contribution in [3.8, 4) is 17.2 Å². The number of fused-ring (bicyclic) bond motifs is 6. The van der Waals surface area contributed by atoms with E-state index in [0.29, 0.717) is 18.8 Å². The fourth-order valence-electron chi connectivity index (χ4n) is 4.10. The molecule has 0 saturated carbocycles. The van der Waals surface area contributed by atoms with Gasteiger partial charge in [0, 0.05) is 23.5 Å². The number of halogens is 2. The minimum absolute atomic E-state index is 0.0333. The molecule has 0 fully saturated rings. The molecule has 0 saturated heterocycles. The molecule has 8 heteroatoms. The van der Waals surface area contributed by atoms with Crippen molar-refractivity contribution < 1.29 is 8.78 Å². The van der Waals surface area contributed by atoms with Crippen molar-refractivity contribution in [2.24, 2.45) is 0 Å². The molecule has 0 amide bonds. The van der Waals surface area contributed by atoms with Crippen LogP contribution in [0, 0.1) is 11.6 Å². The Morgan fingerprint density at radius 2 is 1.93 bits per heavy atom. The average Bonchev–Trinajstić information content (AvgIpc) is 3.30. The summed E-state index contributed by atoms with van der Waals surface area (Å²) in [6.07, 6.45) is 2.08. The Labute approximate surface area is 162 Å². The van der Waals surface area contributed by atoms with Crippen molar-refractivity contribution in [1.29, 1.82) is 0 Å². The first-order valence-corrected chi connectivity index (χ1v) is 9.16. The van der Waals surface area contributed by atoms with Gasteiger partial charge < -0.3 is 4.98 Å². The maximum absolute atomic E-state index is 14.3. The van der Waals surface area contributed by atoms with Crippen LogP contribution < -0.4 is 5.56 Å². The molecule has 0 aliphatic carbocycles. The highest BCUT2D eigenvalue weighted by Gasteiger charge is 2.25. The highest BCUT2D eigenvalue weighted by Crippen LogP contribution is 2.33. The molecule has 3 aromatic heterocycles. The summed E-state index contributed by atoms with van der Waals surface area (Å²) in [6, 6.07) is 11.1. The first kappa shape index (κ1) is 16.2. The van der Waals surface area contributed by atoms with E-state index >= 15 is 0 Å². The summed E-state index contributed by atoms with van der Waals surface area (Å²) in [5.74, 6) is -0.971. The molecule has 2 aromatic carbocycles. The van der Waals surface area contributed by atoms with Crippen molar-refractivity contribution in [2.75, 3.05) is 0 Å². The van der Waals surface area contributed by atoms with Gasteiger partial charge in [-0.05, 0) is 30.2 Å². The molecule has 0 atom stereocenters. The summed E-state index contributed by atoms with van der Waals surface area (Å²) in [4.78, 5) is 21.1. The molecule has 1 aliphatic heterocycles. The van der Waals surface area contributed by atoms with Gasteiger partial charge in [0.2, 0.25) is 0 Å². The molecule has 6 rings (SSSR count). The number of nitrogens with zero attached hydrogens (tertiary/aromatic N) is 4. The molecule has 0 bridgehead atoms. The molecule has 29 heavy (non-hydrogen) atoms. The van der Waals surface area contributed by atoms with Crippen LogP contribution in [0.1, 0.15) is 5.56 Å². The lowest BCUT2D eigenvalue weighted by Gasteiger charge is -2.18. The highest BCUT2D eigenvalue weighted by molar-refractivity contribution is 5.91. The maximum Gasteiger partial charge on any atom is 0.264 e. The van der Waals surface area contributed by atoms with Crippen LogP contribution in [0.3, 0.4) is 0 Å². The van der Waals surface area contributed by atoms with Gasteiger partial charge in [-0.3, -0.25) is 9.36 Å². The fraction of sp³-hybridized carbons (Fsp3) is 0.0952. The number of hydrogen-bond donors (Lipinski definition) is 1. The zero-order valence-electron chi connectivity index (χ0n) is 15.0. The number of rotatable bonds is 1. The summed E-state index contributed by atoms with van der Waals surface area (Å²) >= 11 is 0.